The van der Waals surface area contributed by atoms with Gasteiger partial charge in [-0.2, -0.15) is 0 Å². The second-order valence-electron chi connectivity index (χ2n) is 20.3. The van der Waals surface area contributed by atoms with Gasteiger partial charge in [0.05, 0.1) is 10.7 Å². The number of hydrogen-bond donors (Lipinski definition) is 0. The predicted octanol–water partition coefficient (Wildman–Crippen LogP) is 15.7. The molecule has 5 heteroatoms. The van der Waals surface area contributed by atoms with Crippen molar-refractivity contribution in [3.8, 4) is 0 Å². The Bertz CT molecular complexity index is 2940. The van der Waals surface area contributed by atoms with Crippen molar-refractivity contribution in [3.05, 3.63) is 180 Å². The van der Waals surface area contributed by atoms with Gasteiger partial charge in [-0.1, -0.05) is 153 Å². The summed E-state index contributed by atoms with van der Waals surface area (Å²) in [6, 6.07) is 60.2. The summed E-state index contributed by atoms with van der Waals surface area (Å²) in [4.78, 5) is 7.67. The van der Waals surface area contributed by atoms with Gasteiger partial charge in [0.2, 0.25) is 0 Å². The number of para-hydroxylation sites is 2. The normalized spacial score (nSPS) is 13.2. The number of hydrogen-bond acceptors (Lipinski definition) is 4. The van der Waals surface area contributed by atoms with Gasteiger partial charge >= 0.3 is 0 Å². The fourth-order valence-corrected chi connectivity index (χ4v) is 11.6. The molecular weight excluding hydrogens is 806 g/mol. The summed E-state index contributed by atoms with van der Waals surface area (Å²) in [7, 11) is 0. The highest BCUT2D eigenvalue weighted by Gasteiger charge is 2.46. The maximum atomic E-state index is 2.63. The largest absolute Gasteiger partial charge is 0.311 e. The van der Waals surface area contributed by atoms with E-state index in [1.165, 1.54) is 101 Å². The van der Waals surface area contributed by atoms with Crippen molar-refractivity contribution in [2.75, 3.05) is 14.7 Å². The summed E-state index contributed by atoms with van der Waals surface area (Å²) in [5, 5.41) is 2.76. The van der Waals surface area contributed by atoms with Crippen molar-refractivity contribution in [1.82, 2.24) is 0 Å². The molecule has 0 atom stereocenters. The second-order valence-corrected chi connectivity index (χ2v) is 21.3. The van der Waals surface area contributed by atoms with Crippen LogP contribution in [0, 0.1) is 0 Å². The third-order valence-electron chi connectivity index (χ3n) is 13.7. The van der Waals surface area contributed by atoms with Crippen molar-refractivity contribution in [3.63, 3.8) is 0 Å². The molecule has 0 amide bonds. The third-order valence-corrected chi connectivity index (χ3v) is 14.9. The highest BCUT2D eigenvalue weighted by Crippen LogP contribution is 2.51. The monoisotopic (exact) mass is 867 g/mol. The van der Waals surface area contributed by atoms with Crippen molar-refractivity contribution in [2.24, 2.45) is 0 Å². The van der Waals surface area contributed by atoms with E-state index >= 15 is 0 Å². The minimum absolute atomic E-state index is 0.0185. The smallest absolute Gasteiger partial charge is 0.254 e. The van der Waals surface area contributed by atoms with Crippen molar-refractivity contribution in [1.29, 1.82) is 0 Å². The molecule has 0 saturated carbocycles. The van der Waals surface area contributed by atoms with Gasteiger partial charge in [-0.25, -0.2) is 0 Å². The van der Waals surface area contributed by atoms with E-state index in [4.69, 9.17) is 0 Å². The topological polar surface area (TPSA) is 9.72 Å². The Morgan fingerprint density at radius 3 is 1.69 bits per heavy atom. The van der Waals surface area contributed by atoms with Gasteiger partial charge in [0.25, 0.3) is 6.71 Å². The minimum Gasteiger partial charge on any atom is -0.311 e. The fourth-order valence-electron chi connectivity index (χ4n) is 10.2. The minimum atomic E-state index is -0.0268. The zero-order valence-electron chi connectivity index (χ0n) is 39.6. The quantitative estimate of drug-likeness (QED) is 0.120. The van der Waals surface area contributed by atoms with Gasteiger partial charge in [-0.05, 0) is 153 Å². The number of fused-ring (bicyclic) bond motifs is 6. The number of unbranched alkanes of at least 4 members (excludes halogenated alkanes) is 2. The first-order valence-electron chi connectivity index (χ1n) is 24.0. The first-order valence-corrected chi connectivity index (χ1v) is 24.8. The van der Waals surface area contributed by atoms with E-state index in [1.54, 1.807) is 0 Å². The number of nitrogens with zero attached hydrogens (tertiary/aromatic N) is 3. The SMILES string of the molecule is CCCCc1ccc(N2c3ccc(C(C)(C)C)cc3B3c4c2cc(N(c2ccccc2)c2ccccc2)cc4N(c2ccc(C(C)(C)C)cc2)c2sc4cccc(CCCC)c4c23)cc1. The lowest BCUT2D eigenvalue weighted by atomic mass is 9.33. The van der Waals surface area contributed by atoms with Crippen LogP contribution in [0.4, 0.5) is 50.5 Å². The predicted molar refractivity (Wildman–Crippen MR) is 285 cm³/mol. The molecule has 2 aliphatic rings. The van der Waals surface area contributed by atoms with E-state index in [9.17, 15) is 0 Å². The maximum Gasteiger partial charge on any atom is 0.254 e. The summed E-state index contributed by atoms with van der Waals surface area (Å²) >= 11 is 1.97. The van der Waals surface area contributed by atoms with Crippen LogP contribution in [0.3, 0.4) is 0 Å². The van der Waals surface area contributed by atoms with Gasteiger partial charge in [-0.3, -0.25) is 0 Å². The molecule has 10 rings (SSSR count). The van der Waals surface area contributed by atoms with Crippen LogP contribution in [0.5, 0.6) is 0 Å². The number of aryl methyl sites for hydroxylation is 2. The molecule has 0 saturated heterocycles. The van der Waals surface area contributed by atoms with E-state index in [-0.39, 0.29) is 17.5 Å². The zero-order valence-corrected chi connectivity index (χ0v) is 40.4. The molecule has 3 nitrogen and oxygen atoms in total. The molecule has 2 aliphatic heterocycles. The Kier molecular flexibility index (Phi) is 11.3. The molecule has 7 aromatic carbocycles. The second kappa shape index (κ2) is 17.1. The lowest BCUT2D eigenvalue weighted by molar-refractivity contribution is 0.590. The Hall–Kier alpha value is -6.04. The molecule has 0 N–H and O–H groups in total. The highest BCUT2D eigenvalue weighted by molar-refractivity contribution is 7.26. The lowest BCUT2D eigenvalue weighted by Gasteiger charge is -2.44. The van der Waals surface area contributed by atoms with E-state index in [0.717, 1.165) is 36.3 Å². The molecular formula is C60H62BN3S. The van der Waals surface area contributed by atoms with E-state index in [0.29, 0.717) is 0 Å². The Morgan fingerprint density at radius 1 is 0.508 bits per heavy atom. The average molecular weight is 868 g/mol. The number of thiophene rings is 1. The van der Waals surface area contributed by atoms with E-state index < -0.39 is 0 Å². The fraction of sp³-hybridized carbons (Fsp3) is 0.267. The van der Waals surface area contributed by atoms with E-state index in [1.807, 2.05) is 11.3 Å². The molecule has 1 aromatic heterocycles. The number of rotatable bonds is 11. The molecule has 0 radical (unpaired) electrons. The molecule has 3 heterocycles. The van der Waals surface area contributed by atoms with Crippen LogP contribution in [-0.2, 0) is 23.7 Å². The highest BCUT2D eigenvalue weighted by atomic mass is 32.1. The molecule has 0 bridgehead atoms. The molecule has 8 aromatic rings. The van der Waals surface area contributed by atoms with Crippen LogP contribution < -0.4 is 31.1 Å². The summed E-state index contributed by atoms with van der Waals surface area (Å²) in [5.74, 6) is 0. The maximum absolute atomic E-state index is 2.63. The lowest BCUT2D eigenvalue weighted by Crippen LogP contribution is -2.61. The molecule has 0 spiro atoms. The standard InChI is InChI=1S/C60H62BN3S/c1-9-11-20-41-28-33-47(34-29-41)63-51-37-32-44(60(6,7)8)38-50(51)61-56-52(63)39-49(62(45-23-15-13-16-24-45)46-25-17-14-18-26-46)40-53(56)64(48-35-30-43(31-36-48)59(3,4)5)58-57(61)55-42(21-12-10-2)22-19-27-54(55)65-58/h13-19,22-40H,9-12,20-21H2,1-8H3. The summed E-state index contributed by atoms with van der Waals surface area (Å²) in [6.45, 7) is 18.6. The van der Waals surface area contributed by atoms with Crippen LogP contribution in [-0.4, -0.2) is 6.71 Å². The van der Waals surface area contributed by atoms with Gasteiger partial charge in [0.15, 0.2) is 0 Å². The van der Waals surface area contributed by atoms with Crippen LogP contribution in [0.1, 0.15) is 103 Å². The van der Waals surface area contributed by atoms with Gasteiger partial charge < -0.3 is 14.7 Å². The molecule has 65 heavy (non-hydrogen) atoms. The molecule has 0 fully saturated rings. The van der Waals surface area contributed by atoms with Crippen LogP contribution in [0.15, 0.2) is 158 Å². The molecule has 326 valence electrons. The molecule has 0 aliphatic carbocycles. The number of anilines is 9. The molecule has 0 unspecified atom stereocenters. The number of benzene rings is 7. The van der Waals surface area contributed by atoms with Gasteiger partial charge in [0, 0.05) is 44.5 Å². The van der Waals surface area contributed by atoms with Crippen molar-refractivity contribution >= 4 is 95.0 Å². The van der Waals surface area contributed by atoms with E-state index in [2.05, 4.69) is 228 Å². The van der Waals surface area contributed by atoms with Gasteiger partial charge in [0.1, 0.15) is 0 Å². The third kappa shape index (κ3) is 7.76. The summed E-state index contributed by atoms with van der Waals surface area (Å²) in [5.41, 5.74) is 19.2. The van der Waals surface area contributed by atoms with Crippen LogP contribution >= 0.6 is 11.3 Å². The zero-order chi connectivity index (χ0) is 45.0. The van der Waals surface area contributed by atoms with Crippen LogP contribution in [0.2, 0.25) is 0 Å². The Labute approximate surface area is 392 Å². The summed E-state index contributed by atoms with van der Waals surface area (Å²) < 4.78 is 1.36. The average Bonchev–Trinajstić information content (AvgIpc) is 3.70. The Balaban J connectivity index is 1.35. The van der Waals surface area contributed by atoms with Gasteiger partial charge in [-0.15, -0.1) is 11.3 Å². The van der Waals surface area contributed by atoms with Crippen molar-refractivity contribution in [2.45, 2.75) is 105 Å². The van der Waals surface area contributed by atoms with Crippen LogP contribution in [0.25, 0.3) is 10.1 Å². The van der Waals surface area contributed by atoms with Crippen molar-refractivity contribution < 1.29 is 0 Å². The summed E-state index contributed by atoms with van der Waals surface area (Å²) in [6.07, 6.45) is 6.87. The Morgan fingerprint density at radius 2 is 1.08 bits per heavy atom. The first kappa shape index (κ1) is 42.9. The first-order chi connectivity index (χ1) is 31.4.